The van der Waals surface area contributed by atoms with Gasteiger partial charge in [-0.05, 0) is 43.0 Å². The van der Waals surface area contributed by atoms with Crippen molar-refractivity contribution in [2.45, 2.75) is 25.3 Å². The highest BCUT2D eigenvalue weighted by molar-refractivity contribution is 6.01. The maximum atomic E-state index is 12.7. The Morgan fingerprint density at radius 2 is 1.88 bits per heavy atom. The molecular formula is C22H26N2O. The largest absolute Gasteiger partial charge is 0.306 e. The molecular weight excluding hydrogens is 308 g/mol. The fourth-order valence-electron chi connectivity index (χ4n) is 3.27. The highest BCUT2D eigenvalue weighted by Crippen LogP contribution is 2.24. The molecule has 25 heavy (non-hydrogen) atoms. The van der Waals surface area contributed by atoms with Crippen LogP contribution in [0.2, 0.25) is 0 Å². The van der Waals surface area contributed by atoms with Gasteiger partial charge in [-0.25, -0.2) is 0 Å². The number of carbonyl (C=O) groups excluding carboxylic acids is 1. The summed E-state index contributed by atoms with van der Waals surface area (Å²) in [5.74, 6) is -0.448. The Hall–Kier alpha value is -2.39. The summed E-state index contributed by atoms with van der Waals surface area (Å²) in [5, 5.41) is 0. The van der Waals surface area contributed by atoms with Crippen LogP contribution in [0, 0.1) is 0 Å². The summed E-state index contributed by atoms with van der Waals surface area (Å²) < 4.78 is 40.1. The zero-order chi connectivity index (χ0) is 21.8. The van der Waals surface area contributed by atoms with E-state index >= 15 is 0 Å². The minimum Gasteiger partial charge on any atom is -0.306 e. The standard InChI is InChI=1S/C22H26N2O/c1-2-22(25)24(20-11-7-4-8-12-20)21-14-17-23(18-15-21)16-13-19-9-5-3-6-10-19/h2-12,21H,1,13-18H2/i4D,7D,8D,11D,12D. The molecule has 0 bridgehead atoms. The van der Waals surface area contributed by atoms with Crippen molar-refractivity contribution >= 4 is 11.6 Å². The highest BCUT2D eigenvalue weighted by atomic mass is 16.2. The molecule has 0 spiro atoms. The van der Waals surface area contributed by atoms with Crippen molar-refractivity contribution in [2.75, 3.05) is 24.5 Å². The third-order valence-corrected chi connectivity index (χ3v) is 4.62. The Morgan fingerprint density at radius 1 is 1.20 bits per heavy atom. The van der Waals surface area contributed by atoms with E-state index in [2.05, 4.69) is 23.6 Å². The molecule has 3 rings (SSSR count). The van der Waals surface area contributed by atoms with Crippen LogP contribution >= 0.6 is 0 Å². The minimum absolute atomic E-state index is 0.0614. The Labute approximate surface area is 157 Å². The maximum absolute atomic E-state index is 12.7. The molecule has 1 fully saturated rings. The number of hydrogen-bond donors (Lipinski definition) is 0. The van der Waals surface area contributed by atoms with E-state index in [1.54, 1.807) is 0 Å². The number of para-hydroxylation sites is 1. The van der Waals surface area contributed by atoms with E-state index in [0.717, 1.165) is 32.1 Å². The first-order valence-electron chi connectivity index (χ1n) is 11.1. The fourth-order valence-corrected chi connectivity index (χ4v) is 3.27. The highest BCUT2D eigenvalue weighted by Gasteiger charge is 2.27. The van der Waals surface area contributed by atoms with Gasteiger partial charge in [-0.3, -0.25) is 4.79 Å². The molecule has 0 saturated carbocycles. The lowest BCUT2D eigenvalue weighted by atomic mass is 10.0. The van der Waals surface area contributed by atoms with Crippen molar-refractivity contribution in [1.29, 1.82) is 0 Å². The third-order valence-electron chi connectivity index (χ3n) is 4.62. The van der Waals surface area contributed by atoms with Gasteiger partial charge in [0.2, 0.25) is 0 Å². The SMILES string of the molecule is [2H]c1c([2H])c([2H])c(N(C(=O)C=C)C2CCN(CCc3ccccc3)CC2)c([2H])c1[2H]. The summed E-state index contributed by atoms with van der Waals surface area (Å²) in [4.78, 5) is 16.4. The molecule has 3 nitrogen and oxygen atoms in total. The van der Waals surface area contributed by atoms with Crippen molar-refractivity contribution in [2.24, 2.45) is 0 Å². The van der Waals surface area contributed by atoms with Gasteiger partial charge in [-0.1, -0.05) is 55.0 Å². The van der Waals surface area contributed by atoms with Gasteiger partial charge in [0.25, 0.3) is 5.91 Å². The summed E-state index contributed by atoms with van der Waals surface area (Å²) in [6, 6.07) is 7.97. The molecule has 1 heterocycles. The first kappa shape index (κ1) is 12.0. The number of anilines is 1. The molecule has 3 heteroatoms. The van der Waals surface area contributed by atoms with Crippen molar-refractivity contribution in [3.8, 4) is 0 Å². The number of amides is 1. The summed E-state index contributed by atoms with van der Waals surface area (Å²) in [6.45, 7) is 6.01. The van der Waals surface area contributed by atoms with E-state index < -0.39 is 24.0 Å². The summed E-state index contributed by atoms with van der Waals surface area (Å²) in [6.07, 6.45) is 3.42. The van der Waals surface area contributed by atoms with Gasteiger partial charge in [0.05, 0.1) is 6.85 Å². The predicted molar refractivity (Wildman–Crippen MR) is 104 cm³/mol. The van der Waals surface area contributed by atoms with Crippen molar-refractivity contribution in [1.82, 2.24) is 4.90 Å². The number of likely N-dealkylation sites (tertiary alicyclic amines) is 1. The smallest absolute Gasteiger partial charge is 0.250 e. The first-order chi connectivity index (χ1) is 14.3. The Morgan fingerprint density at radius 3 is 2.52 bits per heavy atom. The summed E-state index contributed by atoms with van der Waals surface area (Å²) in [7, 11) is 0. The normalized spacial score (nSPS) is 18.5. The van der Waals surface area contributed by atoms with E-state index in [0.29, 0.717) is 12.8 Å². The van der Waals surface area contributed by atoms with Crippen molar-refractivity contribution < 1.29 is 11.6 Å². The van der Waals surface area contributed by atoms with Gasteiger partial charge in [0.15, 0.2) is 0 Å². The third kappa shape index (κ3) is 4.58. The van der Waals surface area contributed by atoms with Crippen molar-refractivity contribution in [3.05, 3.63) is 78.8 Å². The van der Waals surface area contributed by atoms with E-state index in [1.165, 1.54) is 10.5 Å². The second-order valence-electron chi connectivity index (χ2n) is 6.19. The molecule has 0 atom stereocenters. The van der Waals surface area contributed by atoms with E-state index in [9.17, 15) is 4.79 Å². The molecule has 0 aliphatic carbocycles. The van der Waals surface area contributed by atoms with Gasteiger partial charge < -0.3 is 9.80 Å². The molecule has 2 aromatic rings. The molecule has 1 aliphatic heterocycles. The molecule has 1 saturated heterocycles. The predicted octanol–water partition coefficient (Wildman–Crippen LogP) is 3.91. The number of nitrogens with zero attached hydrogens (tertiary/aromatic N) is 2. The molecule has 0 aromatic heterocycles. The van der Waals surface area contributed by atoms with Crippen LogP contribution in [0.4, 0.5) is 5.69 Å². The van der Waals surface area contributed by atoms with Crippen LogP contribution in [0.5, 0.6) is 0 Å². The van der Waals surface area contributed by atoms with Crippen LogP contribution in [0.1, 0.15) is 25.3 Å². The van der Waals surface area contributed by atoms with Gasteiger partial charge in [0, 0.05) is 31.4 Å². The molecule has 2 aromatic carbocycles. The number of piperidine rings is 1. The second kappa shape index (κ2) is 8.63. The molecule has 0 N–H and O–H groups in total. The lowest BCUT2D eigenvalue weighted by Crippen LogP contribution is -2.47. The van der Waals surface area contributed by atoms with Crippen LogP contribution in [0.3, 0.4) is 0 Å². The van der Waals surface area contributed by atoms with Crippen LogP contribution in [-0.2, 0) is 11.2 Å². The molecule has 1 aliphatic rings. The van der Waals surface area contributed by atoms with Crippen LogP contribution in [0.25, 0.3) is 0 Å². The fraction of sp³-hybridized carbons (Fsp3) is 0.318. The van der Waals surface area contributed by atoms with E-state index in [-0.39, 0.29) is 23.8 Å². The quantitative estimate of drug-likeness (QED) is 0.745. The van der Waals surface area contributed by atoms with Gasteiger partial charge >= 0.3 is 0 Å². The lowest BCUT2D eigenvalue weighted by Gasteiger charge is -2.38. The number of carbonyl (C=O) groups is 1. The zero-order valence-electron chi connectivity index (χ0n) is 19.3. The minimum atomic E-state index is -0.463. The average Bonchev–Trinajstić information content (AvgIpc) is 2.78. The number of benzene rings is 2. The van der Waals surface area contributed by atoms with Crippen LogP contribution in [-0.4, -0.2) is 36.5 Å². The molecule has 0 radical (unpaired) electrons. The van der Waals surface area contributed by atoms with Gasteiger partial charge in [-0.2, -0.15) is 0 Å². The second-order valence-corrected chi connectivity index (χ2v) is 6.19. The number of rotatable bonds is 6. The molecule has 0 unspecified atom stereocenters. The lowest BCUT2D eigenvalue weighted by molar-refractivity contribution is -0.114. The monoisotopic (exact) mass is 339 g/mol. The number of hydrogen-bond acceptors (Lipinski definition) is 2. The van der Waals surface area contributed by atoms with E-state index in [1.807, 2.05) is 18.2 Å². The molecule has 130 valence electrons. The van der Waals surface area contributed by atoms with Gasteiger partial charge in [-0.15, -0.1) is 0 Å². The summed E-state index contributed by atoms with van der Waals surface area (Å²) in [5.41, 5.74) is 1.22. The first-order valence-corrected chi connectivity index (χ1v) is 8.64. The van der Waals surface area contributed by atoms with E-state index in [4.69, 9.17) is 6.85 Å². The Kier molecular flexibility index (Phi) is 4.16. The van der Waals surface area contributed by atoms with Gasteiger partial charge in [0.1, 0.15) is 0 Å². The van der Waals surface area contributed by atoms with Crippen molar-refractivity contribution in [3.63, 3.8) is 0 Å². The Bertz CT molecular complexity index is 898. The molecule has 1 amide bonds. The summed E-state index contributed by atoms with van der Waals surface area (Å²) >= 11 is 0. The zero-order valence-corrected chi connectivity index (χ0v) is 14.3. The maximum Gasteiger partial charge on any atom is 0.250 e. The van der Waals surface area contributed by atoms with Crippen LogP contribution in [0.15, 0.2) is 73.2 Å². The van der Waals surface area contributed by atoms with Crippen LogP contribution < -0.4 is 4.90 Å². The topological polar surface area (TPSA) is 23.6 Å². The average molecular weight is 339 g/mol. The Balaban J connectivity index is 1.77.